The Labute approximate surface area is 141 Å². The number of primary amides is 1. The first kappa shape index (κ1) is 17.2. The number of amides is 2. The summed E-state index contributed by atoms with van der Waals surface area (Å²) in [4.78, 5) is 33.5. The maximum absolute atomic E-state index is 11.9. The first-order chi connectivity index (χ1) is 11.4. The number of rotatable bonds is 6. The van der Waals surface area contributed by atoms with E-state index in [1.807, 2.05) is 0 Å². The van der Waals surface area contributed by atoms with Gasteiger partial charge in [0.1, 0.15) is 11.4 Å². The van der Waals surface area contributed by atoms with Gasteiger partial charge >= 0.3 is 0 Å². The second kappa shape index (κ2) is 7.42. The smallest absolute Gasteiger partial charge is 0.292 e. The van der Waals surface area contributed by atoms with Crippen molar-refractivity contribution in [3.8, 4) is 5.75 Å². The summed E-state index contributed by atoms with van der Waals surface area (Å²) < 4.78 is 5.25. The third-order valence-electron chi connectivity index (χ3n) is 2.94. The highest BCUT2D eigenvalue weighted by Crippen LogP contribution is 2.24. The number of hydrogen-bond donors (Lipinski definition) is 2. The minimum Gasteiger partial charge on any atom is -0.483 e. The van der Waals surface area contributed by atoms with Crippen molar-refractivity contribution in [3.05, 3.63) is 63.2 Å². The zero-order chi connectivity index (χ0) is 17.7. The Morgan fingerprint density at radius 2 is 1.96 bits per heavy atom. The van der Waals surface area contributed by atoms with Crippen molar-refractivity contribution >= 4 is 34.8 Å². The number of halogens is 1. The molecule has 0 radical (unpaired) electrons. The highest BCUT2D eigenvalue weighted by Gasteiger charge is 2.16. The standard InChI is InChI=1S/C15H12ClN3O5/c16-9-5-6-13(10(7-9)15(17)21)24-8-14(20)18-11-3-1-2-4-12(11)19(22)23/h1-7H,8H2,(H2,17,21)(H,18,20). The summed E-state index contributed by atoms with van der Waals surface area (Å²) in [5.74, 6) is -1.30. The highest BCUT2D eigenvalue weighted by molar-refractivity contribution is 6.31. The fourth-order valence-corrected chi connectivity index (χ4v) is 2.06. The number of carbonyl (C=O) groups is 2. The van der Waals surface area contributed by atoms with Gasteiger partial charge in [-0.1, -0.05) is 23.7 Å². The predicted octanol–water partition coefficient (Wildman–Crippen LogP) is 2.36. The summed E-state index contributed by atoms with van der Waals surface area (Å²) in [6.45, 7) is -0.464. The van der Waals surface area contributed by atoms with Gasteiger partial charge in [0.15, 0.2) is 6.61 Å². The third kappa shape index (κ3) is 4.20. The molecule has 2 aromatic carbocycles. The molecule has 0 unspecified atom stereocenters. The predicted molar refractivity (Wildman–Crippen MR) is 87.2 cm³/mol. The topological polar surface area (TPSA) is 125 Å². The van der Waals surface area contributed by atoms with Gasteiger partial charge in [-0.25, -0.2) is 0 Å². The quantitative estimate of drug-likeness (QED) is 0.611. The summed E-state index contributed by atoms with van der Waals surface area (Å²) in [5, 5.41) is 13.6. The van der Waals surface area contributed by atoms with Crippen LogP contribution in [0.3, 0.4) is 0 Å². The van der Waals surface area contributed by atoms with Gasteiger partial charge in [-0.2, -0.15) is 0 Å². The van der Waals surface area contributed by atoms with Crippen LogP contribution >= 0.6 is 11.6 Å². The molecule has 0 bridgehead atoms. The zero-order valence-electron chi connectivity index (χ0n) is 12.2. The lowest BCUT2D eigenvalue weighted by Crippen LogP contribution is -2.22. The summed E-state index contributed by atoms with van der Waals surface area (Å²) in [5.41, 5.74) is 5.05. The lowest BCUT2D eigenvalue weighted by atomic mass is 10.2. The van der Waals surface area contributed by atoms with E-state index in [-0.39, 0.29) is 22.7 Å². The minimum atomic E-state index is -0.758. The van der Waals surface area contributed by atoms with Crippen LogP contribution in [0.4, 0.5) is 11.4 Å². The van der Waals surface area contributed by atoms with Gasteiger partial charge in [-0.3, -0.25) is 19.7 Å². The fourth-order valence-electron chi connectivity index (χ4n) is 1.89. The molecule has 3 N–H and O–H groups in total. The van der Waals surface area contributed by atoms with Crippen LogP contribution < -0.4 is 15.8 Å². The molecule has 2 amide bonds. The number of nitro groups is 1. The van der Waals surface area contributed by atoms with E-state index in [0.717, 1.165) is 0 Å². The van der Waals surface area contributed by atoms with Crippen molar-refractivity contribution in [1.29, 1.82) is 0 Å². The van der Waals surface area contributed by atoms with Crippen molar-refractivity contribution in [2.75, 3.05) is 11.9 Å². The van der Waals surface area contributed by atoms with Gasteiger partial charge in [0.05, 0.1) is 10.5 Å². The molecular weight excluding hydrogens is 338 g/mol. The summed E-state index contributed by atoms with van der Waals surface area (Å²) in [6, 6.07) is 9.89. The van der Waals surface area contributed by atoms with Gasteiger partial charge < -0.3 is 15.8 Å². The van der Waals surface area contributed by atoms with Crippen LogP contribution in [-0.4, -0.2) is 23.3 Å². The largest absolute Gasteiger partial charge is 0.483 e. The maximum atomic E-state index is 11.9. The number of anilines is 1. The van der Waals surface area contributed by atoms with Crippen LogP contribution in [0.1, 0.15) is 10.4 Å². The molecule has 0 fully saturated rings. The second-order valence-corrected chi connectivity index (χ2v) is 5.05. The van der Waals surface area contributed by atoms with Crippen LogP contribution in [0.5, 0.6) is 5.75 Å². The Hall–Kier alpha value is -3.13. The second-order valence-electron chi connectivity index (χ2n) is 4.62. The highest BCUT2D eigenvalue weighted by atomic mass is 35.5. The number of ether oxygens (including phenoxy) is 1. The molecule has 0 aliphatic rings. The molecule has 2 rings (SSSR count). The molecule has 2 aromatic rings. The molecule has 0 heterocycles. The number of carbonyl (C=O) groups excluding carboxylic acids is 2. The van der Waals surface area contributed by atoms with Gasteiger partial charge in [-0.05, 0) is 24.3 Å². The van der Waals surface area contributed by atoms with Gasteiger partial charge in [-0.15, -0.1) is 0 Å². The fraction of sp³-hybridized carbons (Fsp3) is 0.0667. The molecular formula is C15H12ClN3O5. The molecule has 0 spiro atoms. The van der Waals surface area contributed by atoms with E-state index in [4.69, 9.17) is 22.1 Å². The Kier molecular flexibility index (Phi) is 5.33. The van der Waals surface area contributed by atoms with E-state index in [2.05, 4.69) is 5.32 Å². The number of benzene rings is 2. The Morgan fingerprint density at radius 3 is 2.62 bits per heavy atom. The van der Waals surface area contributed by atoms with E-state index in [0.29, 0.717) is 5.02 Å². The van der Waals surface area contributed by atoms with Gasteiger partial charge in [0.2, 0.25) is 0 Å². The molecule has 0 saturated carbocycles. The van der Waals surface area contributed by atoms with E-state index in [9.17, 15) is 19.7 Å². The van der Waals surface area contributed by atoms with Crippen LogP contribution in [0.25, 0.3) is 0 Å². The van der Waals surface area contributed by atoms with Crippen LogP contribution in [0.2, 0.25) is 5.02 Å². The first-order valence-electron chi connectivity index (χ1n) is 6.64. The van der Waals surface area contributed by atoms with Gasteiger partial charge in [0, 0.05) is 11.1 Å². The molecule has 0 aliphatic heterocycles. The average Bonchev–Trinajstić information content (AvgIpc) is 2.53. The Morgan fingerprint density at radius 1 is 1.25 bits per heavy atom. The van der Waals surface area contributed by atoms with Crippen molar-refractivity contribution in [3.63, 3.8) is 0 Å². The number of nitrogens with two attached hydrogens (primary N) is 1. The summed E-state index contributed by atoms with van der Waals surface area (Å²) in [7, 11) is 0. The molecule has 0 atom stereocenters. The maximum Gasteiger partial charge on any atom is 0.292 e. The molecule has 24 heavy (non-hydrogen) atoms. The molecule has 0 saturated heterocycles. The van der Waals surface area contributed by atoms with Crippen LogP contribution in [0, 0.1) is 10.1 Å². The zero-order valence-corrected chi connectivity index (χ0v) is 12.9. The number of para-hydroxylation sites is 2. The van der Waals surface area contributed by atoms with Crippen LogP contribution in [-0.2, 0) is 4.79 Å². The number of nitrogens with one attached hydrogen (secondary N) is 1. The summed E-state index contributed by atoms with van der Waals surface area (Å²) >= 11 is 5.77. The lowest BCUT2D eigenvalue weighted by Gasteiger charge is -2.10. The Bertz CT molecular complexity index is 809. The number of hydrogen-bond acceptors (Lipinski definition) is 5. The number of nitro benzene ring substituents is 1. The van der Waals surface area contributed by atoms with Crippen molar-refractivity contribution < 1.29 is 19.2 Å². The lowest BCUT2D eigenvalue weighted by molar-refractivity contribution is -0.383. The first-order valence-corrected chi connectivity index (χ1v) is 7.01. The van der Waals surface area contributed by atoms with Gasteiger partial charge in [0.25, 0.3) is 17.5 Å². The SMILES string of the molecule is NC(=O)c1cc(Cl)ccc1OCC(=O)Nc1ccccc1[N+](=O)[O-]. The van der Waals surface area contributed by atoms with E-state index < -0.39 is 23.3 Å². The minimum absolute atomic E-state index is 0.0287. The average molecular weight is 350 g/mol. The third-order valence-corrected chi connectivity index (χ3v) is 3.18. The molecule has 8 nitrogen and oxygen atoms in total. The van der Waals surface area contributed by atoms with Crippen LogP contribution in [0.15, 0.2) is 42.5 Å². The van der Waals surface area contributed by atoms with E-state index in [1.54, 1.807) is 6.07 Å². The monoisotopic (exact) mass is 349 g/mol. The Balaban J connectivity index is 2.07. The van der Waals surface area contributed by atoms with Crippen molar-refractivity contribution in [1.82, 2.24) is 0 Å². The molecule has 9 heteroatoms. The molecule has 124 valence electrons. The van der Waals surface area contributed by atoms with Crippen molar-refractivity contribution in [2.45, 2.75) is 0 Å². The van der Waals surface area contributed by atoms with E-state index in [1.165, 1.54) is 36.4 Å². The number of nitrogens with zero attached hydrogens (tertiary/aromatic N) is 1. The molecule has 0 aliphatic carbocycles. The molecule has 0 aromatic heterocycles. The van der Waals surface area contributed by atoms with Crippen molar-refractivity contribution in [2.24, 2.45) is 5.73 Å². The summed E-state index contributed by atoms with van der Waals surface area (Å²) in [6.07, 6.45) is 0. The van der Waals surface area contributed by atoms with E-state index >= 15 is 0 Å². The normalized spacial score (nSPS) is 10.0.